The number of hydrogen-bond donors (Lipinski definition) is 1. The summed E-state index contributed by atoms with van der Waals surface area (Å²) in [4.78, 5) is 15.9. The summed E-state index contributed by atoms with van der Waals surface area (Å²) < 4.78 is 25.2. The van der Waals surface area contributed by atoms with Crippen LogP contribution in [0.15, 0.2) is 66.0 Å². The Morgan fingerprint density at radius 3 is 2.70 bits per heavy atom. The van der Waals surface area contributed by atoms with Crippen molar-refractivity contribution in [3.8, 4) is 11.5 Å². The molecule has 3 aromatic rings. The van der Waals surface area contributed by atoms with Gasteiger partial charge in [0.15, 0.2) is 11.5 Å². The Morgan fingerprint density at radius 1 is 1.20 bits per heavy atom. The van der Waals surface area contributed by atoms with Gasteiger partial charge in [0.1, 0.15) is 12.4 Å². The highest BCUT2D eigenvalue weighted by atomic mass is 35.5. The van der Waals surface area contributed by atoms with Gasteiger partial charge in [0, 0.05) is 23.5 Å². The zero-order valence-electron chi connectivity index (χ0n) is 16.1. The molecule has 2 aromatic carbocycles. The number of carbonyl (C=O) groups excluding carboxylic acids is 1. The number of hydrazone groups is 1. The maximum absolute atomic E-state index is 13.8. The monoisotopic (exact) mass is 427 g/mol. The lowest BCUT2D eigenvalue weighted by Crippen LogP contribution is -2.17. The van der Waals surface area contributed by atoms with Gasteiger partial charge in [-0.25, -0.2) is 9.82 Å². The van der Waals surface area contributed by atoms with E-state index in [1.54, 1.807) is 42.5 Å². The Balaban J connectivity index is 1.73. The minimum absolute atomic E-state index is 0.00188. The van der Waals surface area contributed by atoms with Crippen LogP contribution in [0.1, 0.15) is 28.4 Å². The number of hydrogen-bond acceptors (Lipinski definition) is 5. The minimum Gasteiger partial charge on any atom is -0.490 e. The van der Waals surface area contributed by atoms with Crippen LogP contribution in [0.5, 0.6) is 11.5 Å². The number of benzene rings is 2. The quantitative estimate of drug-likeness (QED) is 0.420. The maximum Gasteiger partial charge on any atom is 0.271 e. The van der Waals surface area contributed by atoms with Gasteiger partial charge in [-0.05, 0) is 42.8 Å². The van der Waals surface area contributed by atoms with Gasteiger partial charge >= 0.3 is 0 Å². The van der Waals surface area contributed by atoms with Crippen molar-refractivity contribution in [1.82, 2.24) is 10.4 Å². The van der Waals surface area contributed by atoms with Gasteiger partial charge in [0.2, 0.25) is 0 Å². The van der Waals surface area contributed by atoms with Gasteiger partial charge in [0.05, 0.1) is 17.8 Å². The molecule has 30 heavy (non-hydrogen) atoms. The summed E-state index contributed by atoms with van der Waals surface area (Å²) in [7, 11) is 0. The molecular formula is C22H19ClFN3O3. The van der Waals surface area contributed by atoms with E-state index >= 15 is 0 Å². The largest absolute Gasteiger partial charge is 0.490 e. The number of nitrogens with one attached hydrogen (secondary N) is 1. The summed E-state index contributed by atoms with van der Waals surface area (Å²) >= 11 is 6.36. The third-order valence-electron chi connectivity index (χ3n) is 3.98. The number of amides is 1. The molecule has 0 fully saturated rings. The minimum atomic E-state index is -0.366. The highest BCUT2D eigenvalue weighted by molar-refractivity contribution is 6.32. The van der Waals surface area contributed by atoms with E-state index in [9.17, 15) is 9.18 Å². The lowest BCUT2D eigenvalue weighted by molar-refractivity contribution is 0.0955. The van der Waals surface area contributed by atoms with Crippen molar-refractivity contribution in [2.24, 2.45) is 5.10 Å². The highest BCUT2D eigenvalue weighted by Crippen LogP contribution is 2.37. The van der Waals surface area contributed by atoms with E-state index in [0.29, 0.717) is 34.8 Å². The number of pyridine rings is 1. The Labute approximate surface area is 178 Å². The van der Waals surface area contributed by atoms with E-state index in [2.05, 4.69) is 15.5 Å². The zero-order valence-corrected chi connectivity index (χ0v) is 16.9. The molecule has 3 rings (SSSR count). The second-order valence-corrected chi connectivity index (χ2v) is 6.49. The second kappa shape index (κ2) is 10.4. The highest BCUT2D eigenvalue weighted by Gasteiger charge is 2.13. The summed E-state index contributed by atoms with van der Waals surface area (Å²) in [6.07, 6.45) is 4.48. The molecule has 6 nitrogen and oxygen atoms in total. The fourth-order valence-electron chi connectivity index (χ4n) is 2.56. The SMILES string of the molecule is CCOc1cc(/C=N\NC(=O)c2ccncc2)cc(Cl)c1OCc1ccccc1F. The van der Waals surface area contributed by atoms with Crippen molar-refractivity contribution in [3.05, 3.63) is 88.5 Å². The molecule has 1 amide bonds. The zero-order chi connectivity index (χ0) is 21.3. The van der Waals surface area contributed by atoms with Gasteiger partial charge in [-0.3, -0.25) is 9.78 Å². The number of ether oxygens (including phenoxy) is 2. The topological polar surface area (TPSA) is 72.8 Å². The first-order chi connectivity index (χ1) is 14.6. The van der Waals surface area contributed by atoms with Crippen molar-refractivity contribution in [2.75, 3.05) is 6.61 Å². The molecule has 0 aliphatic heterocycles. The molecule has 0 radical (unpaired) electrons. The van der Waals surface area contributed by atoms with Gasteiger partial charge in [-0.1, -0.05) is 29.8 Å². The van der Waals surface area contributed by atoms with E-state index in [1.165, 1.54) is 24.7 Å². The van der Waals surface area contributed by atoms with Crippen LogP contribution in [-0.2, 0) is 6.61 Å². The van der Waals surface area contributed by atoms with Crippen LogP contribution in [-0.4, -0.2) is 23.7 Å². The van der Waals surface area contributed by atoms with Crippen molar-refractivity contribution < 1.29 is 18.7 Å². The van der Waals surface area contributed by atoms with Crippen LogP contribution in [0.3, 0.4) is 0 Å². The molecule has 0 bridgehead atoms. The molecule has 154 valence electrons. The van der Waals surface area contributed by atoms with E-state index in [-0.39, 0.29) is 23.4 Å². The molecule has 1 heterocycles. The molecule has 0 spiro atoms. The van der Waals surface area contributed by atoms with E-state index < -0.39 is 0 Å². The smallest absolute Gasteiger partial charge is 0.271 e. The molecule has 1 N–H and O–H groups in total. The Kier molecular flexibility index (Phi) is 7.34. The molecule has 0 atom stereocenters. The lowest BCUT2D eigenvalue weighted by Gasteiger charge is -2.14. The fourth-order valence-corrected chi connectivity index (χ4v) is 2.84. The van der Waals surface area contributed by atoms with E-state index in [1.807, 2.05) is 6.92 Å². The van der Waals surface area contributed by atoms with Crippen LogP contribution in [0.2, 0.25) is 5.02 Å². The van der Waals surface area contributed by atoms with Crippen LogP contribution in [0.4, 0.5) is 4.39 Å². The number of nitrogens with zero attached hydrogens (tertiary/aromatic N) is 2. The van der Waals surface area contributed by atoms with Gasteiger partial charge < -0.3 is 9.47 Å². The first kappa shape index (κ1) is 21.3. The third-order valence-corrected chi connectivity index (χ3v) is 4.26. The van der Waals surface area contributed by atoms with Gasteiger partial charge in [0.25, 0.3) is 5.91 Å². The number of halogens is 2. The van der Waals surface area contributed by atoms with E-state index in [4.69, 9.17) is 21.1 Å². The van der Waals surface area contributed by atoms with Crippen LogP contribution in [0.25, 0.3) is 0 Å². The average Bonchev–Trinajstić information content (AvgIpc) is 2.75. The first-order valence-corrected chi connectivity index (χ1v) is 9.52. The number of rotatable bonds is 8. The average molecular weight is 428 g/mol. The van der Waals surface area contributed by atoms with Crippen LogP contribution < -0.4 is 14.9 Å². The predicted molar refractivity (Wildman–Crippen MR) is 113 cm³/mol. The number of carbonyl (C=O) groups is 1. The molecule has 8 heteroatoms. The van der Waals surface area contributed by atoms with Gasteiger partial charge in [-0.15, -0.1) is 0 Å². The Hall–Kier alpha value is -3.45. The molecule has 0 unspecified atom stereocenters. The standard InChI is InChI=1S/C22H19ClFN3O3/c1-2-29-20-12-15(13-26-27-22(28)16-7-9-25-10-8-16)11-18(23)21(20)30-14-17-5-3-4-6-19(17)24/h3-13H,2,14H2,1H3,(H,27,28)/b26-13-. The van der Waals surface area contributed by atoms with Crippen LogP contribution in [0, 0.1) is 5.82 Å². The summed E-state index contributed by atoms with van der Waals surface area (Å²) in [6, 6.07) is 12.8. The van der Waals surface area contributed by atoms with Crippen LogP contribution >= 0.6 is 11.6 Å². The van der Waals surface area contributed by atoms with Crippen molar-refractivity contribution >= 4 is 23.7 Å². The van der Waals surface area contributed by atoms with Gasteiger partial charge in [-0.2, -0.15) is 5.10 Å². The van der Waals surface area contributed by atoms with E-state index in [0.717, 1.165) is 0 Å². The Morgan fingerprint density at radius 2 is 1.97 bits per heavy atom. The summed E-state index contributed by atoms with van der Waals surface area (Å²) in [5, 5.41) is 4.22. The number of aromatic nitrogens is 1. The summed E-state index contributed by atoms with van der Waals surface area (Å²) in [5.41, 5.74) is 3.87. The third kappa shape index (κ3) is 5.55. The normalized spacial score (nSPS) is 10.8. The summed E-state index contributed by atoms with van der Waals surface area (Å²) in [5.74, 6) is -0.0297. The molecule has 0 aliphatic rings. The van der Waals surface area contributed by atoms with Crippen molar-refractivity contribution in [2.45, 2.75) is 13.5 Å². The first-order valence-electron chi connectivity index (χ1n) is 9.14. The fraction of sp³-hybridized carbons (Fsp3) is 0.136. The molecule has 1 aromatic heterocycles. The maximum atomic E-state index is 13.8. The molecule has 0 saturated carbocycles. The Bertz CT molecular complexity index is 1050. The molecule has 0 aliphatic carbocycles. The summed E-state index contributed by atoms with van der Waals surface area (Å²) in [6.45, 7) is 2.21. The van der Waals surface area contributed by atoms with Crippen molar-refractivity contribution in [1.29, 1.82) is 0 Å². The molecular weight excluding hydrogens is 409 g/mol. The molecule has 0 saturated heterocycles. The predicted octanol–water partition coefficient (Wildman–Crippen LogP) is 4.62. The second-order valence-electron chi connectivity index (χ2n) is 6.08. The van der Waals surface area contributed by atoms with Crippen molar-refractivity contribution in [3.63, 3.8) is 0 Å². The lowest BCUT2D eigenvalue weighted by atomic mass is 10.2.